The van der Waals surface area contributed by atoms with Gasteiger partial charge in [0.2, 0.25) is 5.91 Å². The first kappa shape index (κ1) is 8.53. The van der Waals surface area contributed by atoms with Crippen molar-refractivity contribution in [1.82, 2.24) is 0 Å². The number of carbonyl (C=O) groups excluding carboxylic acids is 1. The first-order chi connectivity index (χ1) is 5.83. The van der Waals surface area contributed by atoms with Gasteiger partial charge in [-0.2, -0.15) is 0 Å². The van der Waals surface area contributed by atoms with Crippen molar-refractivity contribution in [3.05, 3.63) is 42.5 Å². The molecule has 0 spiro atoms. The van der Waals surface area contributed by atoms with E-state index < -0.39 is 0 Å². The van der Waals surface area contributed by atoms with E-state index in [-0.39, 0.29) is 5.91 Å². The van der Waals surface area contributed by atoms with E-state index in [0.717, 1.165) is 5.69 Å². The van der Waals surface area contributed by atoms with Crippen LogP contribution in [0.4, 0.5) is 5.69 Å². The van der Waals surface area contributed by atoms with E-state index in [0.29, 0.717) is 0 Å². The molecule has 1 N–H and O–H groups in total. The molecule has 0 aliphatic carbocycles. The highest BCUT2D eigenvalue weighted by Crippen LogP contribution is 2.03. The van der Waals surface area contributed by atoms with E-state index in [9.17, 15) is 4.79 Å². The van der Waals surface area contributed by atoms with Crippen LogP contribution in [0.2, 0.25) is 0 Å². The van der Waals surface area contributed by atoms with Crippen molar-refractivity contribution < 1.29 is 4.79 Å². The Balaban J connectivity index is 2.59. The van der Waals surface area contributed by atoms with Gasteiger partial charge in [-0.3, -0.25) is 4.79 Å². The molecule has 0 unspecified atom stereocenters. The zero-order valence-electron chi connectivity index (χ0n) is 6.87. The molecule has 2 nitrogen and oxygen atoms in total. The molecule has 1 rings (SSSR count). The summed E-state index contributed by atoms with van der Waals surface area (Å²) in [7, 11) is 0. The van der Waals surface area contributed by atoms with Crippen LogP contribution < -0.4 is 5.32 Å². The summed E-state index contributed by atoms with van der Waals surface area (Å²) in [6, 6.07) is 9.97. The third kappa shape index (κ3) is 2.58. The summed E-state index contributed by atoms with van der Waals surface area (Å²) in [6.07, 6.45) is 3.18. The number of benzene rings is 1. The van der Waals surface area contributed by atoms with Crippen molar-refractivity contribution in [2.75, 3.05) is 5.32 Å². The smallest absolute Gasteiger partial charge is 0.248 e. The zero-order valence-corrected chi connectivity index (χ0v) is 6.87. The van der Waals surface area contributed by atoms with E-state index in [4.69, 9.17) is 0 Å². The molecule has 1 amide bonds. The minimum absolute atomic E-state index is 0.108. The molecule has 0 saturated carbocycles. The number of nitrogens with one attached hydrogen (secondary N) is 1. The summed E-state index contributed by atoms with van der Waals surface area (Å²) in [5.74, 6) is -0.108. The summed E-state index contributed by atoms with van der Waals surface area (Å²) in [5.41, 5.74) is 0.789. The lowest BCUT2D eigenvalue weighted by atomic mass is 10.3. The van der Waals surface area contributed by atoms with Crippen LogP contribution in [0.3, 0.4) is 0 Å². The summed E-state index contributed by atoms with van der Waals surface area (Å²) in [4.78, 5) is 11.0. The summed E-state index contributed by atoms with van der Waals surface area (Å²) in [5, 5.41) is 2.70. The third-order valence-electron chi connectivity index (χ3n) is 1.30. The molecule has 12 heavy (non-hydrogen) atoms. The number of carbonyl (C=O) groups is 1. The van der Waals surface area contributed by atoms with Gasteiger partial charge in [0.05, 0.1) is 0 Å². The highest BCUT2D eigenvalue weighted by molar-refractivity contribution is 5.99. The van der Waals surface area contributed by atoms with E-state index in [1.807, 2.05) is 0 Å². The average Bonchev–Trinajstić information content (AvgIpc) is 2.06. The van der Waals surface area contributed by atoms with Crippen LogP contribution in [0.15, 0.2) is 36.4 Å². The third-order valence-corrected chi connectivity index (χ3v) is 1.30. The summed E-state index contributed by atoms with van der Waals surface area (Å²) < 4.78 is 0. The van der Waals surface area contributed by atoms with Gasteiger partial charge in [0, 0.05) is 5.69 Å². The Bertz CT molecular complexity index is 277. The molecule has 0 heterocycles. The minimum Gasteiger partial charge on any atom is -0.323 e. The SMILES string of the molecule is CC=CC(=O)Nc1cc[c]cc1. The lowest BCUT2D eigenvalue weighted by Crippen LogP contribution is -2.07. The predicted molar refractivity (Wildman–Crippen MR) is 48.7 cm³/mol. The van der Waals surface area contributed by atoms with Gasteiger partial charge in [-0.1, -0.05) is 18.2 Å². The molecule has 61 valence electrons. The van der Waals surface area contributed by atoms with Gasteiger partial charge in [-0.05, 0) is 31.2 Å². The van der Waals surface area contributed by atoms with Gasteiger partial charge in [0.1, 0.15) is 0 Å². The number of allylic oxidation sites excluding steroid dienone is 1. The first-order valence-corrected chi connectivity index (χ1v) is 3.72. The van der Waals surface area contributed by atoms with Crippen molar-refractivity contribution in [2.45, 2.75) is 6.92 Å². The van der Waals surface area contributed by atoms with E-state index >= 15 is 0 Å². The average molecular weight is 160 g/mol. The maximum Gasteiger partial charge on any atom is 0.248 e. The second-order valence-corrected chi connectivity index (χ2v) is 2.28. The number of rotatable bonds is 2. The van der Waals surface area contributed by atoms with Crippen molar-refractivity contribution >= 4 is 11.6 Å². The predicted octanol–water partition coefficient (Wildman–Crippen LogP) is 2.00. The van der Waals surface area contributed by atoms with Crippen LogP contribution in [-0.4, -0.2) is 5.91 Å². The maximum absolute atomic E-state index is 11.0. The van der Waals surface area contributed by atoms with Crippen LogP contribution in [0.5, 0.6) is 0 Å². The highest BCUT2D eigenvalue weighted by Gasteiger charge is 1.93. The summed E-state index contributed by atoms with van der Waals surface area (Å²) >= 11 is 0. The standard InChI is InChI=1S/C10H10NO/c1-2-6-10(12)11-9-7-4-3-5-8-9/h2,4-8H,1H3,(H,11,12). The molecule has 0 bridgehead atoms. The molecule has 0 saturated heterocycles. The van der Waals surface area contributed by atoms with Gasteiger partial charge in [-0.15, -0.1) is 0 Å². The van der Waals surface area contributed by atoms with Gasteiger partial charge >= 0.3 is 0 Å². The second kappa shape index (κ2) is 4.34. The van der Waals surface area contributed by atoms with Gasteiger partial charge in [-0.25, -0.2) is 0 Å². The number of amides is 1. The van der Waals surface area contributed by atoms with Crippen molar-refractivity contribution in [3.63, 3.8) is 0 Å². The topological polar surface area (TPSA) is 29.1 Å². The van der Waals surface area contributed by atoms with E-state index in [2.05, 4.69) is 11.4 Å². The fourth-order valence-corrected chi connectivity index (χ4v) is 0.806. The molecule has 0 atom stereocenters. The fraction of sp³-hybridized carbons (Fsp3) is 0.100. The van der Waals surface area contributed by atoms with E-state index in [1.165, 1.54) is 6.08 Å². The van der Waals surface area contributed by atoms with Crippen LogP contribution in [0, 0.1) is 6.07 Å². The second-order valence-electron chi connectivity index (χ2n) is 2.28. The fourth-order valence-electron chi connectivity index (χ4n) is 0.806. The van der Waals surface area contributed by atoms with Crippen molar-refractivity contribution in [2.24, 2.45) is 0 Å². The lowest BCUT2D eigenvalue weighted by Gasteiger charge is -1.99. The molecule has 2 heteroatoms. The maximum atomic E-state index is 11.0. The Kier molecular flexibility index (Phi) is 3.08. The normalized spacial score (nSPS) is 10.1. The molecule has 0 aliphatic rings. The molecule has 0 aliphatic heterocycles. The van der Waals surface area contributed by atoms with Gasteiger partial charge in [0.15, 0.2) is 0 Å². The molecule has 1 aromatic rings. The number of hydrogen-bond acceptors (Lipinski definition) is 1. The Morgan fingerprint density at radius 1 is 1.50 bits per heavy atom. The van der Waals surface area contributed by atoms with E-state index in [1.54, 1.807) is 37.3 Å². The zero-order chi connectivity index (χ0) is 8.81. The van der Waals surface area contributed by atoms with Crippen LogP contribution in [0.1, 0.15) is 6.92 Å². The monoisotopic (exact) mass is 160 g/mol. The Morgan fingerprint density at radius 2 is 2.17 bits per heavy atom. The van der Waals surface area contributed by atoms with Gasteiger partial charge < -0.3 is 5.32 Å². The van der Waals surface area contributed by atoms with Crippen molar-refractivity contribution in [3.8, 4) is 0 Å². The number of hydrogen-bond donors (Lipinski definition) is 1. The Morgan fingerprint density at radius 3 is 2.75 bits per heavy atom. The lowest BCUT2D eigenvalue weighted by molar-refractivity contribution is -0.111. The quantitative estimate of drug-likeness (QED) is 0.659. The van der Waals surface area contributed by atoms with Crippen molar-refractivity contribution in [1.29, 1.82) is 0 Å². The number of anilines is 1. The van der Waals surface area contributed by atoms with Crippen LogP contribution >= 0.6 is 0 Å². The Hall–Kier alpha value is -1.57. The molecular weight excluding hydrogens is 150 g/mol. The minimum atomic E-state index is -0.108. The van der Waals surface area contributed by atoms with Gasteiger partial charge in [0.25, 0.3) is 0 Å². The first-order valence-electron chi connectivity index (χ1n) is 3.72. The van der Waals surface area contributed by atoms with Crippen LogP contribution in [0.25, 0.3) is 0 Å². The highest BCUT2D eigenvalue weighted by atomic mass is 16.1. The largest absolute Gasteiger partial charge is 0.323 e. The molecule has 1 aromatic carbocycles. The molecule has 1 radical (unpaired) electrons. The molecule has 0 fully saturated rings. The summed E-state index contributed by atoms with van der Waals surface area (Å²) in [6.45, 7) is 1.80. The Labute approximate surface area is 71.9 Å². The molecule has 0 aromatic heterocycles. The van der Waals surface area contributed by atoms with Crippen LogP contribution in [-0.2, 0) is 4.79 Å². The molecular formula is C10H10NO.